The van der Waals surface area contributed by atoms with Crippen LogP contribution in [0.15, 0.2) is 30.3 Å². The lowest BCUT2D eigenvalue weighted by Crippen LogP contribution is -2.23. The van der Waals surface area contributed by atoms with Gasteiger partial charge in [-0.1, -0.05) is 41.9 Å². The van der Waals surface area contributed by atoms with E-state index in [0.717, 1.165) is 31.5 Å². The minimum Gasteiger partial charge on any atom is -0.444 e. The van der Waals surface area contributed by atoms with Crippen LogP contribution in [0.5, 0.6) is 0 Å². The molecule has 0 unspecified atom stereocenters. The van der Waals surface area contributed by atoms with E-state index in [2.05, 4.69) is 15.3 Å². The normalized spacial score (nSPS) is 13.6. The molecular formula is C17H17ClN4O3. The quantitative estimate of drug-likeness (QED) is 0.650. The van der Waals surface area contributed by atoms with Gasteiger partial charge in [-0.3, -0.25) is 10.1 Å². The molecule has 0 spiro atoms. The highest BCUT2D eigenvalue weighted by molar-refractivity contribution is 6.32. The lowest BCUT2D eigenvalue weighted by Gasteiger charge is -2.19. The summed E-state index contributed by atoms with van der Waals surface area (Å²) in [5.41, 5.74) is 1.09. The van der Waals surface area contributed by atoms with Crippen molar-refractivity contribution < 1.29 is 14.3 Å². The number of ether oxygens (including phenoxy) is 1. The highest BCUT2D eigenvalue weighted by Gasteiger charge is 2.22. The molecule has 1 N–H and O–H groups in total. The van der Waals surface area contributed by atoms with E-state index < -0.39 is 6.09 Å². The van der Waals surface area contributed by atoms with Gasteiger partial charge in [-0.15, -0.1) is 0 Å². The Balaban J connectivity index is 1.71. The summed E-state index contributed by atoms with van der Waals surface area (Å²) >= 11 is 6.07. The third kappa shape index (κ3) is 4.24. The first-order valence-corrected chi connectivity index (χ1v) is 8.30. The molecule has 1 saturated heterocycles. The third-order valence-electron chi connectivity index (χ3n) is 3.83. The summed E-state index contributed by atoms with van der Waals surface area (Å²) in [5, 5.41) is 2.46. The Hall–Kier alpha value is -2.67. The molecular weight excluding hydrogens is 344 g/mol. The summed E-state index contributed by atoms with van der Waals surface area (Å²) in [6, 6.07) is 9.31. The largest absolute Gasteiger partial charge is 0.444 e. The Morgan fingerprint density at radius 3 is 2.64 bits per heavy atom. The van der Waals surface area contributed by atoms with E-state index in [-0.39, 0.29) is 23.3 Å². The minimum absolute atomic E-state index is 0.00487. The highest BCUT2D eigenvalue weighted by Crippen LogP contribution is 2.27. The smallest absolute Gasteiger partial charge is 0.414 e. The van der Waals surface area contributed by atoms with Gasteiger partial charge in [-0.05, 0) is 18.4 Å². The predicted octanol–water partition coefficient (Wildman–Crippen LogP) is 3.29. The zero-order valence-electron chi connectivity index (χ0n) is 13.4. The fourth-order valence-electron chi connectivity index (χ4n) is 2.61. The first-order valence-electron chi connectivity index (χ1n) is 7.93. The van der Waals surface area contributed by atoms with Gasteiger partial charge in [0.15, 0.2) is 6.29 Å². The number of amides is 1. The number of hydrogen-bond donors (Lipinski definition) is 1. The maximum Gasteiger partial charge on any atom is 0.414 e. The molecule has 7 nitrogen and oxygen atoms in total. The molecule has 8 heteroatoms. The molecule has 0 saturated carbocycles. The van der Waals surface area contributed by atoms with Crippen molar-refractivity contribution >= 4 is 35.7 Å². The number of aldehydes is 1. The summed E-state index contributed by atoms with van der Waals surface area (Å²) in [6.45, 7) is 1.70. The van der Waals surface area contributed by atoms with Crippen LogP contribution in [0, 0.1) is 0 Å². The number of benzene rings is 1. The van der Waals surface area contributed by atoms with Gasteiger partial charge in [0.1, 0.15) is 17.6 Å². The number of anilines is 2. The van der Waals surface area contributed by atoms with Crippen LogP contribution in [-0.2, 0) is 11.3 Å². The van der Waals surface area contributed by atoms with E-state index in [1.165, 1.54) is 0 Å². The molecule has 1 fully saturated rings. The SMILES string of the molecule is O=Cc1c(Cl)nc(NC(=O)OCc2ccccc2)nc1N1CCCC1. The Labute approximate surface area is 150 Å². The van der Waals surface area contributed by atoms with Gasteiger partial charge >= 0.3 is 6.09 Å². The number of nitrogens with zero attached hydrogens (tertiary/aromatic N) is 3. The molecule has 0 radical (unpaired) electrons. The molecule has 1 aliphatic heterocycles. The lowest BCUT2D eigenvalue weighted by atomic mass is 10.2. The average Bonchev–Trinajstić information content (AvgIpc) is 3.15. The van der Waals surface area contributed by atoms with E-state index in [0.29, 0.717) is 12.1 Å². The average molecular weight is 361 g/mol. The predicted molar refractivity (Wildman–Crippen MR) is 94.1 cm³/mol. The molecule has 1 aromatic heterocycles. The minimum atomic E-state index is -0.689. The third-order valence-corrected chi connectivity index (χ3v) is 4.12. The summed E-state index contributed by atoms with van der Waals surface area (Å²) < 4.78 is 5.14. The second kappa shape index (κ2) is 7.94. The van der Waals surface area contributed by atoms with Crippen LogP contribution in [0.3, 0.4) is 0 Å². The van der Waals surface area contributed by atoms with Crippen LogP contribution in [0.2, 0.25) is 5.15 Å². The molecule has 0 aliphatic carbocycles. The van der Waals surface area contributed by atoms with Crippen molar-refractivity contribution in [3.63, 3.8) is 0 Å². The van der Waals surface area contributed by atoms with Crippen molar-refractivity contribution in [3.05, 3.63) is 46.6 Å². The van der Waals surface area contributed by atoms with E-state index in [4.69, 9.17) is 16.3 Å². The Morgan fingerprint density at radius 2 is 1.96 bits per heavy atom. The Kier molecular flexibility index (Phi) is 5.45. The van der Waals surface area contributed by atoms with Crippen LogP contribution in [0.4, 0.5) is 16.6 Å². The lowest BCUT2D eigenvalue weighted by molar-refractivity contribution is 0.112. The highest BCUT2D eigenvalue weighted by atomic mass is 35.5. The van der Waals surface area contributed by atoms with Gasteiger partial charge in [0.2, 0.25) is 5.95 Å². The first-order chi connectivity index (χ1) is 12.2. The standard InChI is InChI=1S/C17H17ClN4O3/c18-14-13(10-23)15(22-8-4-5-9-22)20-16(19-14)21-17(24)25-11-12-6-2-1-3-7-12/h1-3,6-7,10H,4-5,8-9,11H2,(H,19,20,21,24). The number of hydrogen-bond acceptors (Lipinski definition) is 6. The molecule has 1 aliphatic rings. The second-order valence-electron chi connectivity index (χ2n) is 5.57. The van der Waals surface area contributed by atoms with E-state index in [1.54, 1.807) is 0 Å². The van der Waals surface area contributed by atoms with Gasteiger partial charge in [-0.25, -0.2) is 4.79 Å². The summed E-state index contributed by atoms with van der Waals surface area (Å²) in [7, 11) is 0. The topological polar surface area (TPSA) is 84.4 Å². The molecule has 130 valence electrons. The monoisotopic (exact) mass is 360 g/mol. The van der Waals surface area contributed by atoms with E-state index in [1.807, 2.05) is 35.2 Å². The van der Waals surface area contributed by atoms with Gasteiger partial charge in [0.05, 0.1) is 5.56 Å². The van der Waals surface area contributed by atoms with Crippen molar-refractivity contribution in [1.82, 2.24) is 9.97 Å². The van der Waals surface area contributed by atoms with Crippen LogP contribution in [-0.4, -0.2) is 35.4 Å². The molecule has 0 atom stereocenters. The zero-order valence-corrected chi connectivity index (χ0v) is 14.2. The van der Waals surface area contributed by atoms with Crippen LogP contribution in [0.1, 0.15) is 28.8 Å². The summed E-state index contributed by atoms with van der Waals surface area (Å²) in [6.07, 6.45) is 1.98. The first kappa shape index (κ1) is 17.2. The molecule has 1 amide bonds. The van der Waals surface area contributed by atoms with Crippen molar-refractivity contribution in [2.24, 2.45) is 0 Å². The number of carbonyl (C=O) groups excluding carboxylic acids is 2. The molecule has 2 heterocycles. The zero-order chi connectivity index (χ0) is 17.6. The van der Waals surface area contributed by atoms with Crippen molar-refractivity contribution in [2.75, 3.05) is 23.3 Å². The van der Waals surface area contributed by atoms with Gasteiger partial charge < -0.3 is 9.64 Å². The van der Waals surface area contributed by atoms with Crippen molar-refractivity contribution in [1.29, 1.82) is 0 Å². The van der Waals surface area contributed by atoms with E-state index in [9.17, 15) is 9.59 Å². The van der Waals surface area contributed by atoms with Crippen LogP contribution >= 0.6 is 11.6 Å². The van der Waals surface area contributed by atoms with Crippen LogP contribution < -0.4 is 10.2 Å². The van der Waals surface area contributed by atoms with E-state index >= 15 is 0 Å². The molecule has 3 rings (SSSR count). The Bertz CT molecular complexity index is 764. The fourth-order valence-corrected chi connectivity index (χ4v) is 2.82. The number of rotatable bonds is 5. The molecule has 0 bridgehead atoms. The molecule has 2 aromatic rings. The maximum atomic E-state index is 11.9. The summed E-state index contributed by atoms with van der Waals surface area (Å²) in [5.74, 6) is 0.446. The summed E-state index contributed by atoms with van der Waals surface area (Å²) in [4.78, 5) is 33.4. The second-order valence-corrected chi connectivity index (χ2v) is 5.93. The maximum absolute atomic E-state index is 11.9. The van der Waals surface area contributed by atoms with Gasteiger partial charge in [-0.2, -0.15) is 9.97 Å². The van der Waals surface area contributed by atoms with Crippen molar-refractivity contribution in [3.8, 4) is 0 Å². The number of aromatic nitrogens is 2. The molecule has 25 heavy (non-hydrogen) atoms. The number of nitrogens with one attached hydrogen (secondary N) is 1. The van der Waals surface area contributed by atoms with Gasteiger partial charge in [0, 0.05) is 13.1 Å². The number of halogens is 1. The van der Waals surface area contributed by atoms with Gasteiger partial charge in [0.25, 0.3) is 0 Å². The fraction of sp³-hybridized carbons (Fsp3) is 0.294. The van der Waals surface area contributed by atoms with Crippen molar-refractivity contribution in [2.45, 2.75) is 19.4 Å². The number of carbonyl (C=O) groups is 2. The Morgan fingerprint density at radius 1 is 1.24 bits per heavy atom. The van der Waals surface area contributed by atoms with Crippen LogP contribution in [0.25, 0.3) is 0 Å². The molecule has 1 aromatic carbocycles.